The molecule has 0 radical (unpaired) electrons. The highest BCUT2D eigenvalue weighted by atomic mass is 17.2. The van der Waals surface area contributed by atoms with Gasteiger partial charge in [-0.15, -0.1) is 0 Å². The quantitative estimate of drug-likeness (QED) is 0.302. The third kappa shape index (κ3) is 6.47. The van der Waals surface area contributed by atoms with Gasteiger partial charge < -0.3 is 9.47 Å². The summed E-state index contributed by atoms with van der Waals surface area (Å²) in [5.41, 5.74) is 0.275. The van der Waals surface area contributed by atoms with Gasteiger partial charge in [0.25, 0.3) is 0 Å². The van der Waals surface area contributed by atoms with E-state index in [1.54, 1.807) is 30.3 Å². The predicted molar refractivity (Wildman–Crippen MR) is 94.8 cm³/mol. The molecule has 0 atom stereocenters. The van der Waals surface area contributed by atoms with Gasteiger partial charge in [-0.1, -0.05) is 43.7 Å². The van der Waals surface area contributed by atoms with Crippen LogP contribution in [0.15, 0.2) is 54.6 Å². The van der Waals surface area contributed by atoms with Crippen LogP contribution in [0.4, 0.5) is 0 Å². The maximum absolute atomic E-state index is 12.2. The maximum Gasteiger partial charge on any atom is 0.390 e. The molecule has 0 aliphatic carbocycles. The summed E-state index contributed by atoms with van der Waals surface area (Å²) in [6.07, 6.45) is 1.92. The molecule has 0 heterocycles. The van der Waals surface area contributed by atoms with Gasteiger partial charge in [-0.25, -0.2) is 19.4 Å². The fourth-order valence-electron chi connectivity index (χ4n) is 2.06. The molecule has 0 aliphatic heterocycles. The van der Waals surface area contributed by atoms with Gasteiger partial charge in [-0.2, -0.15) is 0 Å². The lowest BCUT2D eigenvalue weighted by Gasteiger charge is -2.10. The molecule has 0 aromatic heterocycles. The fraction of sp³-hybridized carbons (Fsp3) is 0.250. The van der Waals surface area contributed by atoms with Crippen molar-refractivity contribution >= 4 is 17.9 Å². The summed E-state index contributed by atoms with van der Waals surface area (Å²) in [6.45, 7) is 1.63. The number of hydrogen-bond donors (Lipinski definition) is 0. The molecule has 0 N–H and O–H groups in total. The molecule has 2 aromatic carbocycles. The molecule has 0 bridgehead atoms. The van der Waals surface area contributed by atoms with Crippen molar-refractivity contribution in [3.05, 3.63) is 65.7 Å². The zero-order chi connectivity index (χ0) is 19.5. The molecular formula is C20H20O7. The standard InChI is InChI=1S/C20H20O7/c1-2-3-13-18(21)25-14-24-17-12-8-7-11-16(17)20(23)27-26-19(22)15-9-5-4-6-10-15/h4-12H,2-3,13-14H2,1H3. The molecule has 0 amide bonds. The Morgan fingerprint density at radius 1 is 0.852 bits per heavy atom. The number of carbonyl (C=O) groups is 3. The van der Waals surface area contributed by atoms with Crippen molar-refractivity contribution in [1.82, 2.24) is 0 Å². The van der Waals surface area contributed by atoms with Crippen LogP contribution in [0, 0.1) is 0 Å². The fourth-order valence-corrected chi connectivity index (χ4v) is 2.06. The van der Waals surface area contributed by atoms with Crippen molar-refractivity contribution in [3.8, 4) is 5.75 Å². The van der Waals surface area contributed by atoms with Gasteiger partial charge in [0.1, 0.15) is 11.3 Å². The Morgan fingerprint density at radius 3 is 2.26 bits per heavy atom. The summed E-state index contributed by atoms with van der Waals surface area (Å²) in [7, 11) is 0. The van der Waals surface area contributed by atoms with E-state index in [1.165, 1.54) is 24.3 Å². The molecule has 2 aromatic rings. The number of carbonyl (C=O) groups excluding carboxylic acids is 3. The second kappa shape index (κ2) is 10.6. The Bertz CT molecular complexity index is 771. The minimum absolute atomic E-state index is 0.0305. The molecule has 7 heteroatoms. The van der Waals surface area contributed by atoms with Crippen molar-refractivity contribution in [3.63, 3.8) is 0 Å². The first-order valence-electron chi connectivity index (χ1n) is 8.47. The summed E-state index contributed by atoms with van der Waals surface area (Å²) in [6, 6.07) is 14.3. The van der Waals surface area contributed by atoms with Gasteiger partial charge in [0, 0.05) is 6.42 Å². The Labute approximate surface area is 156 Å². The van der Waals surface area contributed by atoms with Crippen LogP contribution >= 0.6 is 0 Å². The zero-order valence-corrected chi connectivity index (χ0v) is 14.9. The van der Waals surface area contributed by atoms with E-state index in [2.05, 4.69) is 9.78 Å². The second-order valence-electron chi connectivity index (χ2n) is 5.49. The minimum atomic E-state index is -0.910. The molecule has 0 fully saturated rings. The number of benzene rings is 2. The van der Waals surface area contributed by atoms with Crippen LogP contribution in [-0.2, 0) is 19.3 Å². The number of unbranched alkanes of at least 4 members (excludes halogenated alkanes) is 1. The van der Waals surface area contributed by atoms with Crippen LogP contribution in [0.25, 0.3) is 0 Å². The minimum Gasteiger partial charge on any atom is -0.456 e. The predicted octanol–water partition coefficient (Wildman–Crippen LogP) is 3.69. The third-order valence-corrected chi connectivity index (χ3v) is 3.48. The summed E-state index contributed by atoms with van der Waals surface area (Å²) in [5, 5.41) is 0. The number of para-hydroxylation sites is 1. The molecule has 27 heavy (non-hydrogen) atoms. The van der Waals surface area contributed by atoms with E-state index in [-0.39, 0.29) is 29.6 Å². The van der Waals surface area contributed by atoms with E-state index < -0.39 is 11.9 Å². The largest absolute Gasteiger partial charge is 0.456 e. The van der Waals surface area contributed by atoms with E-state index in [4.69, 9.17) is 9.47 Å². The van der Waals surface area contributed by atoms with Gasteiger partial charge in [-0.3, -0.25) is 4.79 Å². The van der Waals surface area contributed by atoms with Crippen molar-refractivity contribution in [1.29, 1.82) is 0 Å². The van der Waals surface area contributed by atoms with Crippen molar-refractivity contribution in [2.24, 2.45) is 0 Å². The van der Waals surface area contributed by atoms with Crippen molar-refractivity contribution < 1.29 is 33.6 Å². The van der Waals surface area contributed by atoms with E-state index in [0.29, 0.717) is 6.42 Å². The van der Waals surface area contributed by atoms with Crippen LogP contribution in [0.1, 0.15) is 46.9 Å². The van der Waals surface area contributed by atoms with E-state index in [9.17, 15) is 14.4 Å². The van der Waals surface area contributed by atoms with Gasteiger partial charge in [0.2, 0.25) is 6.79 Å². The normalized spacial score (nSPS) is 9.96. The number of rotatable bonds is 8. The molecule has 142 valence electrons. The van der Waals surface area contributed by atoms with Crippen LogP contribution in [0.3, 0.4) is 0 Å². The number of hydrogen-bond acceptors (Lipinski definition) is 7. The lowest BCUT2D eigenvalue weighted by atomic mass is 10.2. The highest BCUT2D eigenvalue weighted by Gasteiger charge is 2.18. The summed E-state index contributed by atoms with van der Waals surface area (Å²) >= 11 is 0. The summed E-state index contributed by atoms with van der Waals surface area (Å²) < 4.78 is 10.3. The van der Waals surface area contributed by atoms with Crippen molar-refractivity contribution in [2.45, 2.75) is 26.2 Å². The summed E-state index contributed by atoms with van der Waals surface area (Å²) in [4.78, 5) is 44.6. The molecular weight excluding hydrogens is 352 g/mol. The van der Waals surface area contributed by atoms with Crippen LogP contribution in [0.2, 0.25) is 0 Å². The molecule has 0 aliphatic rings. The second-order valence-corrected chi connectivity index (χ2v) is 5.49. The zero-order valence-electron chi connectivity index (χ0n) is 14.9. The monoisotopic (exact) mass is 372 g/mol. The SMILES string of the molecule is CCCCC(=O)OCOc1ccccc1C(=O)OOC(=O)c1ccccc1. The first-order chi connectivity index (χ1) is 13.1. The Balaban J connectivity index is 1.89. The number of ether oxygens (including phenoxy) is 2. The van der Waals surface area contributed by atoms with Crippen LogP contribution in [-0.4, -0.2) is 24.7 Å². The first-order valence-corrected chi connectivity index (χ1v) is 8.47. The molecule has 0 saturated carbocycles. The highest BCUT2D eigenvalue weighted by molar-refractivity contribution is 5.94. The number of esters is 1. The van der Waals surface area contributed by atoms with Gasteiger partial charge >= 0.3 is 17.9 Å². The molecule has 7 nitrogen and oxygen atoms in total. The molecule has 0 spiro atoms. The Hall–Kier alpha value is -3.35. The van der Waals surface area contributed by atoms with Gasteiger partial charge in [0.05, 0.1) is 5.56 Å². The lowest BCUT2D eigenvalue weighted by molar-refractivity contribution is -0.187. The van der Waals surface area contributed by atoms with Gasteiger partial charge in [0.15, 0.2) is 0 Å². The summed E-state index contributed by atoms with van der Waals surface area (Å²) in [5.74, 6) is -1.95. The van der Waals surface area contributed by atoms with E-state index in [0.717, 1.165) is 12.8 Å². The molecule has 0 saturated heterocycles. The van der Waals surface area contributed by atoms with Crippen LogP contribution in [0.5, 0.6) is 5.75 Å². The smallest absolute Gasteiger partial charge is 0.390 e. The Kier molecular flexibility index (Phi) is 7.84. The van der Waals surface area contributed by atoms with E-state index >= 15 is 0 Å². The maximum atomic E-state index is 12.2. The Morgan fingerprint density at radius 2 is 1.52 bits per heavy atom. The topological polar surface area (TPSA) is 88.1 Å². The molecule has 2 rings (SSSR count). The molecule has 0 unspecified atom stereocenters. The lowest BCUT2D eigenvalue weighted by Crippen LogP contribution is -2.14. The van der Waals surface area contributed by atoms with Gasteiger partial charge in [-0.05, 0) is 30.7 Å². The average molecular weight is 372 g/mol. The highest BCUT2D eigenvalue weighted by Crippen LogP contribution is 2.19. The first kappa shape index (κ1) is 20.0. The van der Waals surface area contributed by atoms with Crippen LogP contribution < -0.4 is 4.74 Å². The third-order valence-electron chi connectivity index (χ3n) is 3.48. The van der Waals surface area contributed by atoms with E-state index in [1.807, 2.05) is 6.92 Å². The average Bonchev–Trinajstić information content (AvgIpc) is 2.71. The van der Waals surface area contributed by atoms with Crippen molar-refractivity contribution in [2.75, 3.05) is 6.79 Å².